The Bertz CT molecular complexity index is 1340. The lowest BCUT2D eigenvalue weighted by Gasteiger charge is -2.69. The van der Waals surface area contributed by atoms with Crippen LogP contribution in [0.4, 0.5) is 0 Å². The van der Waals surface area contributed by atoms with Crippen molar-refractivity contribution in [3.63, 3.8) is 0 Å². The number of hydrogen-bond acceptors (Lipinski definition) is 10. The molecule has 7 rings (SSSR count). The van der Waals surface area contributed by atoms with E-state index in [4.69, 9.17) is 28.4 Å². The molecule has 248 valence electrons. The van der Waals surface area contributed by atoms with Gasteiger partial charge in [0.05, 0.1) is 37.9 Å². The van der Waals surface area contributed by atoms with Crippen LogP contribution in [0.25, 0.3) is 0 Å². The van der Waals surface area contributed by atoms with Crippen LogP contribution in [0, 0.1) is 40.4 Å². The molecule has 5 saturated carbocycles. The molecular formula is C35H49NO9. The molecule has 1 aromatic carbocycles. The quantitative estimate of drug-likeness (QED) is 0.307. The fourth-order valence-corrected chi connectivity index (χ4v) is 12.7. The molecule has 13 atom stereocenters. The molecule has 6 aliphatic rings. The van der Waals surface area contributed by atoms with Crippen LogP contribution in [0.1, 0.15) is 49.9 Å². The number of carbonyl (C=O) groups excluding carboxylic acids is 2. The molecule has 1 heterocycles. The number of piperidine rings is 1. The van der Waals surface area contributed by atoms with Crippen molar-refractivity contribution in [1.29, 1.82) is 0 Å². The smallest absolute Gasteiger partial charge is 0.303 e. The largest absolute Gasteiger partial charge is 0.497 e. The number of rotatable bonds is 10. The zero-order chi connectivity index (χ0) is 32.1. The van der Waals surface area contributed by atoms with Crippen LogP contribution < -0.4 is 4.74 Å². The van der Waals surface area contributed by atoms with Crippen molar-refractivity contribution in [2.75, 3.05) is 55.2 Å². The van der Waals surface area contributed by atoms with E-state index in [0.717, 1.165) is 25.9 Å². The van der Waals surface area contributed by atoms with Crippen molar-refractivity contribution in [3.8, 4) is 5.75 Å². The van der Waals surface area contributed by atoms with E-state index in [-0.39, 0.29) is 47.2 Å². The zero-order valence-corrected chi connectivity index (χ0v) is 27.6. The van der Waals surface area contributed by atoms with E-state index in [9.17, 15) is 14.7 Å². The van der Waals surface area contributed by atoms with Crippen molar-refractivity contribution in [3.05, 3.63) is 29.8 Å². The number of methoxy groups -OCH3 is 5. The SMILES string of the molecule is CCN1C[C@]2(COC)CC[C@H](OC)[C@@]34[C@@H]5C[C@]6(O)[C@@H](OC)C[C@](OC(C)=O)([C@H]([C@H](OC)[C@H]23)[C@@H]14)[C@H]5[C@H]6C(=O)c1ccc(OC)cc1. The number of ketones is 1. The number of likely N-dealkylation sites (tertiary alicyclic amines) is 1. The van der Waals surface area contributed by atoms with Crippen LogP contribution in [0.5, 0.6) is 5.75 Å². The van der Waals surface area contributed by atoms with E-state index in [2.05, 4.69) is 11.8 Å². The van der Waals surface area contributed by atoms with Gasteiger partial charge in [-0.2, -0.15) is 0 Å². The van der Waals surface area contributed by atoms with Crippen LogP contribution in [0.3, 0.4) is 0 Å². The molecule has 10 heteroatoms. The van der Waals surface area contributed by atoms with E-state index in [1.54, 1.807) is 59.8 Å². The molecule has 5 aliphatic carbocycles. The van der Waals surface area contributed by atoms with Crippen LogP contribution in [-0.2, 0) is 28.5 Å². The Hall–Kier alpha value is -2.08. The Kier molecular flexibility index (Phi) is 7.51. The Morgan fingerprint density at radius 2 is 1.69 bits per heavy atom. The van der Waals surface area contributed by atoms with Gasteiger partial charge in [0, 0.05) is 88.5 Å². The van der Waals surface area contributed by atoms with E-state index < -0.39 is 40.5 Å². The summed E-state index contributed by atoms with van der Waals surface area (Å²) >= 11 is 0. The highest BCUT2D eigenvalue weighted by molar-refractivity contribution is 5.99. The number of esters is 1. The van der Waals surface area contributed by atoms with Gasteiger partial charge >= 0.3 is 5.97 Å². The van der Waals surface area contributed by atoms with E-state index in [0.29, 0.717) is 30.8 Å². The second-order valence-electron chi connectivity index (χ2n) is 14.6. The van der Waals surface area contributed by atoms with E-state index >= 15 is 0 Å². The molecular weight excluding hydrogens is 578 g/mol. The predicted octanol–water partition coefficient (Wildman–Crippen LogP) is 2.99. The summed E-state index contributed by atoms with van der Waals surface area (Å²) in [5, 5.41) is 12.9. The predicted molar refractivity (Wildman–Crippen MR) is 163 cm³/mol. The average Bonchev–Trinajstić information content (AvgIpc) is 3.43. The van der Waals surface area contributed by atoms with Crippen LogP contribution in [0.15, 0.2) is 24.3 Å². The maximum Gasteiger partial charge on any atom is 0.303 e. The molecule has 0 amide bonds. The summed E-state index contributed by atoms with van der Waals surface area (Å²) in [7, 11) is 8.52. The fraction of sp³-hybridized carbons (Fsp3) is 0.771. The van der Waals surface area contributed by atoms with Crippen molar-refractivity contribution in [2.24, 2.45) is 40.4 Å². The number of nitrogens with zero attached hydrogens (tertiary/aromatic N) is 1. The van der Waals surface area contributed by atoms with Gasteiger partial charge in [-0.1, -0.05) is 6.92 Å². The highest BCUT2D eigenvalue weighted by atomic mass is 16.6. The summed E-state index contributed by atoms with van der Waals surface area (Å²) < 4.78 is 37.3. The molecule has 6 fully saturated rings. The first-order chi connectivity index (χ1) is 21.6. The fourth-order valence-electron chi connectivity index (χ4n) is 12.7. The van der Waals surface area contributed by atoms with E-state index in [1.807, 2.05) is 0 Å². The number of benzene rings is 1. The molecule has 0 unspecified atom stereocenters. The van der Waals surface area contributed by atoms with Gasteiger partial charge in [-0.25, -0.2) is 0 Å². The topological polar surface area (TPSA) is 113 Å². The Labute approximate surface area is 266 Å². The minimum absolute atomic E-state index is 0.0227. The molecule has 7 bridgehead atoms. The molecule has 1 saturated heterocycles. The number of hydrogen-bond donors (Lipinski definition) is 1. The van der Waals surface area contributed by atoms with Gasteiger partial charge < -0.3 is 33.5 Å². The summed E-state index contributed by atoms with van der Waals surface area (Å²) in [5.74, 6) is -1.66. The van der Waals surface area contributed by atoms with Crippen LogP contribution in [-0.4, -0.2) is 113 Å². The first-order valence-corrected chi connectivity index (χ1v) is 16.5. The van der Waals surface area contributed by atoms with Crippen molar-refractivity contribution in [2.45, 2.75) is 75.1 Å². The lowest BCUT2D eigenvalue weighted by Crippen LogP contribution is -2.77. The highest BCUT2D eigenvalue weighted by Crippen LogP contribution is 2.81. The number of fused-ring (bicyclic) bond motifs is 2. The standard InChI is InChI=1S/C35H49NO9/c1-8-36-17-32(18-40-3)14-13-23(42-5)35-22-15-33(39)24(43-6)16-34(45-19(2)37,27(31(35)36)29(44-7)30(32)35)25(22)26(33)28(38)20-9-11-21(41-4)12-10-20/h9-12,22-27,29-31,39H,8,13-18H2,1-7H3/t22-,23+,24+,25-,26+,27-,29+,30-,31-,32+,33+,34-,35+/m1/s1. The number of aliphatic hydroxyl groups is 1. The number of carbonyl (C=O) groups is 2. The summed E-state index contributed by atoms with van der Waals surface area (Å²) in [6.45, 7) is 5.86. The van der Waals surface area contributed by atoms with Gasteiger partial charge in [-0.15, -0.1) is 0 Å². The normalized spacial score (nSPS) is 47.4. The molecule has 45 heavy (non-hydrogen) atoms. The first kappa shape index (κ1) is 31.5. The summed E-state index contributed by atoms with van der Waals surface area (Å²) in [6.07, 6.45) is 1.28. The molecule has 10 nitrogen and oxygen atoms in total. The second-order valence-corrected chi connectivity index (χ2v) is 14.6. The number of ether oxygens (including phenoxy) is 6. The molecule has 1 aromatic rings. The van der Waals surface area contributed by atoms with Crippen LogP contribution in [0.2, 0.25) is 0 Å². The van der Waals surface area contributed by atoms with Gasteiger partial charge in [0.2, 0.25) is 0 Å². The Morgan fingerprint density at radius 1 is 0.978 bits per heavy atom. The Morgan fingerprint density at radius 3 is 2.27 bits per heavy atom. The summed E-state index contributed by atoms with van der Waals surface area (Å²) in [4.78, 5) is 30.7. The molecule has 0 radical (unpaired) electrons. The minimum atomic E-state index is -1.46. The van der Waals surface area contributed by atoms with Crippen molar-refractivity contribution in [1.82, 2.24) is 4.90 Å². The maximum atomic E-state index is 14.8. The molecule has 1 N–H and O–H groups in total. The third kappa shape index (κ3) is 3.72. The molecule has 0 aromatic heterocycles. The lowest BCUT2D eigenvalue weighted by molar-refractivity contribution is -0.277. The molecule has 1 spiro atoms. The third-order valence-corrected chi connectivity index (χ3v) is 13.5. The average molecular weight is 628 g/mol. The number of Topliss-reactive ketones (excluding diaryl/α,β-unsaturated/α-hetero) is 1. The first-order valence-electron chi connectivity index (χ1n) is 16.5. The van der Waals surface area contributed by atoms with Gasteiger partial charge in [0.25, 0.3) is 0 Å². The highest BCUT2D eigenvalue weighted by Gasteiger charge is 2.89. The Balaban J connectivity index is 1.52. The van der Waals surface area contributed by atoms with Gasteiger partial charge in [-0.05, 0) is 56.0 Å². The van der Waals surface area contributed by atoms with Crippen molar-refractivity contribution < 1.29 is 43.1 Å². The summed E-state index contributed by atoms with van der Waals surface area (Å²) in [6, 6.07) is 7.02. The van der Waals surface area contributed by atoms with Gasteiger partial charge in [0.15, 0.2) is 5.78 Å². The van der Waals surface area contributed by atoms with Crippen molar-refractivity contribution >= 4 is 11.8 Å². The molecule has 1 aliphatic heterocycles. The van der Waals surface area contributed by atoms with Gasteiger partial charge in [-0.3, -0.25) is 14.5 Å². The minimum Gasteiger partial charge on any atom is -0.497 e. The zero-order valence-electron chi connectivity index (χ0n) is 27.6. The monoisotopic (exact) mass is 627 g/mol. The lowest BCUT2D eigenvalue weighted by atomic mass is 9.42. The summed E-state index contributed by atoms with van der Waals surface area (Å²) in [5.41, 5.74) is -2.76. The second kappa shape index (κ2) is 10.7. The van der Waals surface area contributed by atoms with Crippen LogP contribution >= 0.6 is 0 Å². The maximum absolute atomic E-state index is 14.8. The third-order valence-electron chi connectivity index (χ3n) is 13.5. The van der Waals surface area contributed by atoms with E-state index in [1.165, 1.54) is 6.92 Å². The van der Waals surface area contributed by atoms with Gasteiger partial charge in [0.1, 0.15) is 17.0 Å².